The van der Waals surface area contributed by atoms with Crippen molar-refractivity contribution in [2.45, 2.75) is 13.5 Å². The number of aryl methyl sites for hydroxylation is 1. The van der Waals surface area contributed by atoms with Gasteiger partial charge in [-0.15, -0.1) is 5.10 Å². The Bertz CT molecular complexity index is 625. The van der Waals surface area contributed by atoms with Crippen LogP contribution in [0.3, 0.4) is 0 Å². The summed E-state index contributed by atoms with van der Waals surface area (Å²) in [5.74, 6) is 0.619. The molecule has 3 rings (SSSR count). The van der Waals surface area contributed by atoms with E-state index in [9.17, 15) is 0 Å². The molecule has 0 aliphatic heterocycles. The van der Waals surface area contributed by atoms with Gasteiger partial charge in [0.15, 0.2) is 5.65 Å². The Hall–Kier alpha value is -2.37. The standard InChI is InChI=1S/C11H12N6/c1-8-3-2-4-10-14-11(16-17(8)10)12-7-9-5-6-13-15-9/h2-6H,7H2,1H3,(H,12,16)(H,13,15). The summed E-state index contributed by atoms with van der Waals surface area (Å²) >= 11 is 0. The fraction of sp³-hybridized carbons (Fsp3) is 0.182. The number of pyridine rings is 1. The van der Waals surface area contributed by atoms with Crippen molar-refractivity contribution in [3.8, 4) is 0 Å². The number of aromatic amines is 1. The molecule has 3 aromatic heterocycles. The molecule has 0 amide bonds. The van der Waals surface area contributed by atoms with Crippen LogP contribution in [0.2, 0.25) is 0 Å². The maximum absolute atomic E-state index is 4.38. The zero-order valence-electron chi connectivity index (χ0n) is 9.38. The molecule has 86 valence electrons. The van der Waals surface area contributed by atoms with Crippen LogP contribution in [0.25, 0.3) is 5.65 Å². The van der Waals surface area contributed by atoms with Gasteiger partial charge in [0.25, 0.3) is 0 Å². The molecule has 0 unspecified atom stereocenters. The number of nitrogens with zero attached hydrogens (tertiary/aromatic N) is 4. The van der Waals surface area contributed by atoms with Gasteiger partial charge in [0, 0.05) is 11.9 Å². The van der Waals surface area contributed by atoms with Crippen molar-refractivity contribution in [1.29, 1.82) is 0 Å². The molecule has 0 aliphatic carbocycles. The monoisotopic (exact) mass is 228 g/mol. The van der Waals surface area contributed by atoms with E-state index in [2.05, 4.69) is 25.6 Å². The van der Waals surface area contributed by atoms with Crippen molar-refractivity contribution in [3.63, 3.8) is 0 Å². The number of fused-ring (bicyclic) bond motifs is 1. The SMILES string of the molecule is Cc1cccc2nc(NCc3ccn[nH]3)nn12. The van der Waals surface area contributed by atoms with E-state index in [1.54, 1.807) is 6.20 Å². The van der Waals surface area contributed by atoms with Gasteiger partial charge in [-0.1, -0.05) is 6.07 Å². The van der Waals surface area contributed by atoms with E-state index in [4.69, 9.17) is 0 Å². The fourth-order valence-corrected chi connectivity index (χ4v) is 1.67. The minimum absolute atomic E-state index is 0.619. The lowest BCUT2D eigenvalue weighted by atomic mass is 10.4. The summed E-state index contributed by atoms with van der Waals surface area (Å²) in [6.45, 7) is 2.64. The second-order valence-corrected chi connectivity index (χ2v) is 3.81. The summed E-state index contributed by atoms with van der Waals surface area (Å²) in [7, 11) is 0. The van der Waals surface area contributed by atoms with Crippen molar-refractivity contribution in [3.05, 3.63) is 41.9 Å². The van der Waals surface area contributed by atoms with Crippen LogP contribution in [0.5, 0.6) is 0 Å². The first-order valence-electron chi connectivity index (χ1n) is 5.37. The largest absolute Gasteiger partial charge is 0.347 e. The van der Waals surface area contributed by atoms with Crippen LogP contribution < -0.4 is 5.32 Å². The summed E-state index contributed by atoms with van der Waals surface area (Å²) in [5.41, 5.74) is 2.90. The topological polar surface area (TPSA) is 70.9 Å². The summed E-state index contributed by atoms with van der Waals surface area (Å²) in [6.07, 6.45) is 1.72. The van der Waals surface area contributed by atoms with Crippen LogP contribution in [-0.2, 0) is 6.54 Å². The van der Waals surface area contributed by atoms with Crippen molar-refractivity contribution >= 4 is 11.6 Å². The molecule has 0 aromatic carbocycles. The Balaban J connectivity index is 1.84. The number of nitrogens with one attached hydrogen (secondary N) is 2. The van der Waals surface area contributed by atoms with Crippen molar-refractivity contribution in [2.75, 3.05) is 5.32 Å². The normalized spacial score (nSPS) is 10.9. The Labute approximate surface area is 97.7 Å². The van der Waals surface area contributed by atoms with Gasteiger partial charge in [0.1, 0.15) is 0 Å². The van der Waals surface area contributed by atoms with Gasteiger partial charge in [-0.25, -0.2) is 4.52 Å². The van der Waals surface area contributed by atoms with E-state index in [-0.39, 0.29) is 0 Å². The third kappa shape index (κ3) is 1.84. The molecule has 0 saturated heterocycles. The molecular weight excluding hydrogens is 216 g/mol. The molecule has 6 nitrogen and oxygen atoms in total. The minimum atomic E-state index is 0.619. The van der Waals surface area contributed by atoms with Gasteiger partial charge in [-0.2, -0.15) is 10.1 Å². The molecule has 0 aliphatic rings. The summed E-state index contributed by atoms with van der Waals surface area (Å²) in [6, 6.07) is 7.81. The average molecular weight is 228 g/mol. The van der Waals surface area contributed by atoms with Crippen LogP contribution in [-0.4, -0.2) is 24.8 Å². The van der Waals surface area contributed by atoms with E-state index in [0.29, 0.717) is 12.5 Å². The first kappa shape index (κ1) is 9.83. The smallest absolute Gasteiger partial charge is 0.243 e. The molecule has 17 heavy (non-hydrogen) atoms. The van der Waals surface area contributed by atoms with Crippen molar-refractivity contribution in [1.82, 2.24) is 24.8 Å². The van der Waals surface area contributed by atoms with Gasteiger partial charge >= 0.3 is 0 Å². The van der Waals surface area contributed by atoms with Gasteiger partial charge in [-0.05, 0) is 25.1 Å². The van der Waals surface area contributed by atoms with E-state index in [1.165, 1.54) is 0 Å². The lowest BCUT2D eigenvalue weighted by molar-refractivity contribution is 0.902. The third-order valence-corrected chi connectivity index (χ3v) is 2.54. The molecule has 0 spiro atoms. The van der Waals surface area contributed by atoms with E-state index in [1.807, 2.05) is 35.7 Å². The number of hydrogen-bond acceptors (Lipinski definition) is 4. The first-order valence-corrected chi connectivity index (χ1v) is 5.37. The molecule has 6 heteroatoms. The van der Waals surface area contributed by atoms with Crippen LogP contribution in [0, 0.1) is 6.92 Å². The molecule has 0 atom stereocenters. The first-order chi connectivity index (χ1) is 8.33. The lowest BCUT2D eigenvalue weighted by Crippen LogP contribution is -2.01. The molecule has 0 saturated carbocycles. The molecular formula is C11H12N6. The summed E-state index contributed by atoms with van der Waals surface area (Å²) < 4.78 is 1.81. The van der Waals surface area contributed by atoms with Crippen LogP contribution in [0.4, 0.5) is 5.95 Å². The molecule has 0 bridgehead atoms. The minimum Gasteiger partial charge on any atom is -0.347 e. The fourth-order valence-electron chi connectivity index (χ4n) is 1.67. The maximum Gasteiger partial charge on any atom is 0.243 e. The number of H-pyrrole nitrogens is 1. The second-order valence-electron chi connectivity index (χ2n) is 3.81. The highest BCUT2D eigenvalue weighted by atomic mass is 15.4. The molecule has 0 fully saturated rings. The van der Waals surface area contributed by atoms with E-state index < -0.39 is 0 Å². The van der Waals surface area contributed by atoms with Gasteiger partial charge in [0.2, 0.25) is 5.95 Å². The van der Waals surface area contributed by atoms with E-state index in [0.717, 1.165) is 17.0 Å². The molecule has 3 aromatic rings. The molecule has 2 N–H and O–H groups in total. The number of rotatable bonds is 3. The maximum atomic E-state index is 4.38. The van der Waals surface area contributed by atoms with Gasteiger partial charge in [0.05, 0.1) is 12.2 Å². The number of hydrogen-bond donors (Lipinski definition) is 2. The zero-order chi connectivity index (χ0) is 11.7. The van der Waals surface area contributed by atoms with Gasteiger partial charge < -0.3 is 5.32 Å². The molecule has 0 radical (unpaired) electrons. The highest BCUT2D eigenvalue weighted by Crippen LogP contribution is 2.08. The summed E-state index contributed by atoms with van der Waals surface area (Å²) in [5, 5.41) is 14.3. The Morgan fingerprint density at radius 2 is 2.29 bits per heavy atom. The Morgan fingerprint density at radius 1 is 1.35 bits per heavy atom. The highest BCUT2D eigenvalue weighted by Gasteiger charge is 2.04. The zero-order valence-corrected chi connectivity index (χ0v) is 9.38. The van der Waals surface area contributed by atoms with E-state index >= 15 is 0 Å². The highest BCUT2D eigenvalue weighted by molar-refractivity contribution is 5.44. The van der Waals surface area contributed by atoms with Crippen LogP contribution >= 0.6 is 0 Å². The Kier molecular flexibility index (Phi) is 2.25. The predicted octanol–water partition coefficient (Wildman–Crippen LogP) is 1.37. The summed E-state index contributed by atoms with van der Waals surface area (Å²) in [4.78, 5) is 4.38. The number of aromatic nitrogens is 5. The van der Waals surface area contributed by atoms with Crippen molar-refractivity contribution < 1.29 is 0 Å². The number of anilines is 1. The predicted molar refractivity (Wildman–Crippen MR) is 63.6 cm³/mol. The average Bonchev–Trinajstić information content (AvgIpc) is 2.95. The molecule has 3 heterocycles. The quantitative estimate of drug-likeness (QED) is 0.710. The van der Waals surface area contributed by atoms with Crippen molar-refractivity contribution in [2.24, 2.45) is 0 Å². The lowest BCUT2D eigenvalue weighted by Gasteiger charge is -1.97. The Morgan fingerprint density at radius 3 is 3.06 bits per heavy atom. The van der Waals surface area contributed by atoms with Crippen LogP contribution in [0.1, 0.15) is 11.4 Å². The second kappa shape index (κ2) is 3.89. The van der Waals surface area contributed by atoms with Crippen LogP contribution in [0.15, 0.2) is 30.5 Å². The third-order valence-electron chi connectivity index (χ3n) is 2.54. The van der Waals surface area contributed by atoms with Gasteiger partial charge in [-0.3, -0.25) is 5.10 Å².